The lowest BCUT2D eigenvalue weighted by Gasteiger charge is -2.18. The van der Waals surface area contributed by atoms with E-state index in [0.717, 1.165) is 24.5 Å². The lowest BCUT2D eigenvalue weighted by atomic mass is 10.2. The lowest BCUT2D eigenvalue weighted by Crippen LogP contribution is -2.27. The maximum Gasteiger partial charge on any atom is 0.270 e. The van der Waals surface area contributed by atoms with Gasteiger partial charge < -0.3 is 20.3 Å². The number of carbonyl (C=O) groups excluding carboxylic acids is 1. The van der Waals surface area contributed by atoms with Crippen molar-refractivity contribution in [3.05, 3.63) is 48.3 Å². The average Bonchev–Trinajstić information content (AvgIpc) is 3.17. The Morgan fingerprint density at radius 3 is 2.64 bits per heavy atom. The highest BCUT2D eigenvalue weighted by Crippen LogP contribution is 2.24. The predicted octanol–water partition coefficient (Wildman–Crippen LogP) is 2.80. The summed E-state index contributed by atoms with van der Waals surface area (Å²) in [4.78, 5) is 18.6. The van der Waals surface area contributed by atoms with E-state index in [-0.39, 0.29) is 5.91 Å². The number of nitrogens with zero attached hydrogens (tertiary/aromatic N) is 2. The molecule has 1 fully saturated rings. The van der Waals surface area contributed by atoms with Crippen LogP contribution in [0.15, 0.2) is 42.6 Å². The molecule has 1 aromatic heterocycles. The van der Waals surface area contributed by atoms with Gasteiger partial charge in [0.15, 0.2) is 0 Å². The molecule has 6 heteroatoms. The number of amides is 1. The second-order valence-electron chi connectivity index (χ2n) is 6.04. The molecule has 2 N–H and O–H groups in total. The first-order valence-electron chi connectivity index (χ1n) is 8.61. The van der Waals surface area contributed by atoms with Crippen molar-refractivity contribution in [2.45, 2.75) is 12.8 Å². The van der Waals surface area contributed by atoms with Gasteiger partial charge in [-0.15, -0.1) is 0 Å². The van der Waals surface area contributed by atoms with Crippen LogP contribution in [0.5, 0.6) is 0 Å². The van der Waals surface area contributed by atoms with E-state index >= 15 is 0 Å². The Hall–Kier alpha value is -2.60. The van der Waals surface area contributed by atoms with Crippen molar-refractivity contribution in [1.29, 1.82) is 0 Å². The third-order valence-corrected chi connectivity index (χ3v) is 4.21. The zero-order valence-corrected chi connectivity index (χ0v) is 14.5. The first-order valence-corrected chi connectivity index (χ1v) is 8.61. The number of pyridine rings is 1. The van der Waals surface area contributed by atoms with Crippen LogP contribution < -0.4 is 15.5 Å². The van der Waals surface area contributed by atoms with Crippen LogP contribution in [-0.2, 0) is 4.74 Å². The summed E-state index contributed by atoms with van der Waals surface area (Å²) in [5, 5.41) is 6.09. The van der Waals surface area contributed by atoms with Crippen LogP contribution >= 0.6 is 0 Å². The van der Waals surface area contributed by atoms with Crippen LogP contribution in [0.2, 0.25) is 0 Å². The number of hydrogen-bond donors (Lipinski definition) is 2. The number of methoxy groups -OCH3 is 1. The first kappa shape index (κ1) is 17.2. The Bertz CT molecular complexity index is 697. The summed E-state index contributed by atoms with van der Waals surface area (Å²) < 4.78 is 4.93. The highest BCUT2D eigenvalue weighted by atomic mass is 16.5. The smallest absolute Gasteiger partial charge is 0.270 e. The van der Waals surface area contributed by atoms with Crippen molar-refractivity contribution >= 4 is 23.0 Å². The van der Waals surface area contributed by atoms with E-state index in [0.29, 0.717) is 18.8 Å². The molecule has 0 radical (unpaired) electrons. The van der Waals surface area contributed by atoms with Gasteiger partial charge in [-0.2, -0.15) is 0 Å². The Labute approximate surface area is 148 Å². The zero-order chi connectivity index (χ0) is 17.5. The van der Waals surface area contributed by atoms with Crippen LogP contribution in [0.25, 0.3) is 0 Å². The number of carbonyl (C=O) groups is 1. The van der Waals surface area contributed by atoms with Crippen LogP contribution in [0.1, 0.15) is 23.3 Å². The number of hydrogen-bond acceptors (Lipinski definition) is 5. The molecule has 3 rings (SSSR count). The SMILES string of the molecule is COCCNC(=O)c1cc(Nc2ccc(N3CCCC3)cc2)ccn1. The van der Waals surface area contributed by atoms with Gasteiger partial charge in [-0.05, 0) is 49.2 Å². The maximum atomic E-state index is 12.1. The quantitative estimate of drug-likeness (QED) is 0.759. The summed E-state index contributed by atoms with van der Waals surface area (Å²) in [5.41, 5.74) is 3.46. The van der Waals surface area contributed by atoms with Crippen molar-refractivity contribution in [2.75, 3.05) is 43.6 Å². The average molecular weight is 340 g/mol. The molecular weight excluding hydrogens is 316 g/mol. The molecule has 1 amide bonds. The van der Waals surface area contributed by atoms with E-state index in [1.807, 2.05) is 6.07 Å². The molecule has 1 aliphatic heterocycles. The Kier molecular flexibility index (Phi) is 5.85. The number of aromatic nitrogens is 1. The number of nitrogens with one attached hydrogen (secondary N) is 2. The Morgan fingerprint density at radius 1 is 1.16 bits per heavy atom. The van der Waals surface area contributed by atoms with Gasteiger partial charge in [0.1, 0.15) is 5.69 Å². The minimum Gasteiger partial charge on any atom is -0.383 e. The van der Waals surface area contributed by atoms with Crippen LogP contribution in [0, 0.1) is 0 Å². The van der Waals surface area contributed by atoms with E-state index in [2.05, 4.69) is 44.8 Å². The second kappa shape index (κ2) is 8.48. The number of benzene rings is 1. The van der Waals surface area contributed by atoms with E-state index in [9.17, 15) is 4.79 Å². The standard InChI is InChI=1S/C19H24N4O2/c1-25-13-10-21-19(24)18-14-16(8-9-20-18)22-15-4-6-17(7-5-15)23-11-2-3-12-23/h4-9,14H,2-3,10-13H2,1H3,(H,20,22)(H,21,24). The van der Waals surface area contributed by atoms with Gasteiger partial charge in [0.25, 0.3) is 5.91 Å². The topological polar surface area (TPSA) is 66.5 Å². The maximum absolute atomic E-state index is 12.1. The molecule has 1 saturated heterocycles. The van der Waals surface area contributed by atoms with Crippen LogP contribution in [0.4, 0.5) is 17.1 Å². The molecule has 0 bridgehead atoms. The zero-order valence-electron chi connectivity index (χ0n) is 14.5. The van der Waals surface area contributed by atoms with E-state index in [4.69, 9.17) is 4.74 Å². The lowest BCUT2D eigenvalue weighted by molar-refractivity contribution is 0.0932. The molecule has 2 heterocycles. The highest BCUT2D eigenvalue weighted by Gasteiger charge is 2.12. The van der Waals surface area contributed by atoms with E-state index in [1.165, 1.54) is 18.5 Å². The molecule has 0 saturated carbocycles. The molecule has 0 unspecified atom stereocenters. The van der Waals surface area contributed by atoms with Gasteiger partial charge in [-0.1, -0.05) is 0 Å². The number of anilines is 3. The fraction of sp³-hybridized carbons (Fsp3) is 0.368. The van der Waals surface area contributed by atoms with Gasteiger partial charge in [0, 0.05) is 50.0 Å². The largest absolute Gasteiger partial charge is 0.383 e. The van der Waals surface area contributed by atoms with Crippen molar-refractivity contribution in [1.82, 2.24) is 10.3 Å². The summed E-state index contributed by atoms with van der Waals surface area (Å²) in [5.74, 6) is -0.204. The molecule has 0 spiro atoms. The molecular formula is C19H24N4O2. The van der Waals surface area contributed by atoms with Crippen molar-refractivity contribution in [3.8, 4) is 0 Å². The number of rotatable bonds is 7. The Balaban J connectivity index is 1.62. The van der Waals surface area contributed by atoms with Gasteiger partial charge in [0.05, 0.1) is 6.61 Å². The second-order valence-corrected chi connectivity index (χ2v) is 6.04. The molecule has 0 atom stereocenters. The van der Waals surface area contributed by atoms with Gasteiger partial charge in [0.2, 0.25) is 0 Å². The van der Waals surface area contributed by atoms with E-state index < -0.39 is 0 Å². The number of ether oxygens (including phenoxy) is 1. The third kappa shape index (κ3) is 4.70. The van der Waals surface area contributed by atoms with Crippen LogP contribution in [0.3, 0.4) is 0 Å². The van der Waals surface area contributed by atoms with Gasteiger partial charge in [-0.3, -0.25) is 9.78 Å². The first-order chi connectivity index (χ1) is 12.3. The third-order valence-electron chi connectivity index (χ3n) is 4.21. The summed E-state index contributed by atoms with van der Waals surface area (Å²) in [6.07, 6.45) is 4.17. The fourth-order valence-electron chi connectivity index (χ4n) is 2.89. The fourth-order valence-corrected chi connectivity index (χ4v) is 2.89. The van der Waals surface area contributed by atoms with Crippen LogP contribution in [-0.4, -0.2) is 44.2 Å². The van der Waals surface area contributed by atoms with Gasteiger partial charge in [-0.25, -0.2) is 0 Å². The highest BCUT2D eigenvalue weighted by molar-refractivity contribution is 5.93. The van der Waals surface area contributed by atoms with E-state index in [1.54, 1.807) is 19.4 Å². The minimum absolute atomic E-state index is 0.204. The predicted molar refractivity (Wildman–Crippen MR) is 99.6 cm³/mol. The molecule has 6 nitrogen and oxygen atoms in total. The molecule has 1 aliphatic rings. The molecule has 0 aliphatic carbocycles. The summed E-state index contributed by atoms with van der Waals surface area (Å²) in [6, 6.07) is 12.0. The minimum atomic E-state index is -0.204. The van der Waals surface area contributed by atoms with Crippen molar-refractivity contribution in [2.24, 2.45) is 0 Å². The Morgan fingerprint density at radius 2 is 1.92 bits per heavy atom. The van der Waals surface area contributed by atoms with Gasteiger partial charge >= 0.3 is 0 Å². The normalized spacial score (nSPS) is 13.7. The molecule has 25 heavy (non-hydrogen) atoms. The molecule has 1 aromatic carbocycles. The molecule has 132 valence electrons. The van der Waals surface area contributed by atoms with Crippen molar-refractivity contribution in [3.63, 3.8) is 0 Å². The summed E-state index contributed by atoms with van der Waals surface area (Å²) in [7, 11) is 1.60. The molecule has 2 aromatic rings. The summed E-state index contributed by atoms with van der Waals surface area (Å²) in [6.45, 7) is 3.22. The van der Waals surface area contributed by atoms with Crippen molar-refractivity contribution < 1.29 is 9.53 Å². The monoisotopic (exact) mass is 340 g/mol. The summed E-state index contributed by atoms with van der Waals surface area (Å²) >= 11 is 0.